The number of rotatable bonds is 4. The zero-order valence-electron chi connectivity index (χ0n) is 14.6. The maximum absolute atomic E-state index is 12.4. The largest absolute Gasteiger partial charge is 0.456 e. The molecule has 8 heteroatoms. The number of anilines is 1. The lowest BCUT2D eigenvalue weighted by Crippen LogP contribution is -2.26. The van der Waals surface area contributed by atoms with Gasteiger partial charge in [0.05, 0.1) is 16.6 Å². The minimum atomic E-state index is -0.552. The zero-order valence-corrected chi connectivity index (χ0v) is 14.6. The fourth-order valence-corrected chi connectivity index (χ4v) is 3.05. The van der Waals surface area contributed by atoms with Crippen molar-refractivity contribution in [1.29, 1.82) is 0 Å². The Morgan fingerprint density at radius 3 is 2.59 bits per heavy atom. The molecule has 0 saturated heterocycles. The number of fused-ring (bicyclic) bond motifs is 2. The van der Waals surface area contributed by atoms with Crippen molar-refractivity contribution < 1.29 is 9.53 Å². The number of carbonyl (C=O) groups is 1. The third kappa shape index (κ3) is 3.01. The molecule has 0 atom stereocenters. The predicted octanol–water partition coefficient (Wildman–Crippen LogP) is 1.61. The van der Waals surface area contributed by atoms with E-state index >= 15 is 0 Å². The van der Waals surface area contributed by atoms with Crippen LogP contribution in [0, 0.1) is 0 Å². The normalized spacial score (nSPS) is 11.1. The molecule has 0 unspecified atom stereocenters. The Morgan fingerprint density at radius 2 is 1.78 bits per heavy atom. The van der Waals surface area contributed by atoms with Gasteiger partial charge in [0.25, 0.3) is 0 Å². The number of benzene rings is 2. The van der Waals surface area contributed by atoms with E-state index in [-0.39, 0.29) is 18.8 Å². The summed E-state index contributed by atoms with van der Waals surface area (Å²) in [5.41, 5.74) is 7.76. The first kappa shape index (κ1) is 16.8. The first-order valence-electron chi connectivity index (χ1n) is 8.35. The van der Waals surface area contributed by atoms with Crippen molar-refractivity contribution in [2.24, 2.45) is 7.05 Å². The number of nitrogens with two attached hydrogens (primary N) is 1. The Kier molecular flexibility index (Phi) is 4.08. The Morgan fingerprint density at radius 1 is 1.07 bits per heavy atom. The van der Waals surface area contributed by atoms with Gasteiger partial charge in [0.1, 0.15) is 12.4 Å². The van der Waals surface area contributed by atoms with Gasteiger partial charge in [0.15, 0.2) is 12.4 Å². The monoisotopic (exact) mass is 363 g/mol. The number of esters is 1. The SMILES string of the molecule is Cn1c(=O)n(CC(=O)OCc2nc(N)c3ccccc3n2)c2ccccc21. The van der Waals surface area contributed by atoms with Crippen molar-refractivity contribution in [2.45, 2.75) is 13.2 Å². The minimum absolute atomic E-state index is 0.118. The summed E-state index contributed by atoms with van der Waals surface area (Å²) in [5.74, 6) is 0.0884. The number of hydrogen-bond acceptors (Lipinski definition) is 6. The van der Waals surface area contributed by atoms with E-state index in [2.05, 4.69) is 9.97 Å². The average Bonchev–Trinajstić information content (AvgIpc) is 2.92. The van der Waals surface area contributed by atoms with Crippen LogP contribution in [0.25, 0.3) is 21.9 Å². The molecule has 0 amide bonds. The van der Waals surface area contributed by atoms with Crippen LogP contribution in [0.1, 0.15) is 5.82 Å². The molecule has 0 saturated carbocycles. The number of aromatic nitrogens is 4. The van der Waals surface area contributed by atoms with Crippen molar-refractivity contribution >= 4 is 33.7 Å². The van der Waals surface area contributed by atoms with Gasteiger partial charge >= 0.3 is 11.7 Å². The molecule has 0 bridgehead atoms. The number of ether oxygens (including phenoxy) is 1. The molecule has 136 valence electrons. The molecule has 0 fully saturated rings. The van der Waals surface area contributed by atoms with E-state index in [1.165, 1.54) is 9.13 Å². The highest BCUT2D eigenvalue weighted by atomic mass is 16.5. The Bertz CT molecular complexity index is 1230. The molecule has 0 aliphatic heterocycles. The van der Waals surface area contributed by atoms with E-state index < -0.39 is 5.97 Å². The van der Waals surface area contributed by atoms with Crippen LogP contribution in [0.3, 0.4) is 0 Å². The van der Waals surface area contributed by atoms with E-state index in [9.17, 15) is 9.59 Å². The van der Waals surface area contributed by atoms with Crippen LogP contribution in [-0.4, -0.2) is 25.1 Å². The Balaban J connectivity index is 1.53. The summed E-state index contributed by atoms with van der Waals surface area (Å²) in [4.78, 5) is 33.1. The van der Waals surface area contributed by atoms with Crippen LogP contribution in [0.2, 0.25) is 0 Å². The maximum atomic E-state index is 12.4. The van der Waals surface area contributed by atoms with E-state index in [4.69, 9.17) is 10.5 Å². The van der Waals surface area contributed by atoms with Gasteiger partial charge in [-0.05, 0) is 24.3 Å². The van der Waals surface area contributed by atoms with Crippen molar-refractivity contribution in [3.8, 4) is 0 Å². The molecular weight excluding hydrogens is 346 g/mol. The molecule has 2 aromatic heterocycles. The van der Waals surface area contributed by atoms with Crippen LogP contribution >= 0.6 is 0 Å². The second kappa shape index (κ2) is 6.56. The van der Waals surface area contributed by atoms with Gasteiger partial charge in [0, 0.05) is 12.4 Å². The van der Waals surface area contributed by atoms with Gasteiger partial charge in [-0.1, -0.05) is 24.3 Å². The standard InChI is InChI=1S/C19H17N5O3/c1-23-14-8-4-5-9-15(14)24(19(23)26)10-17(25)27-11-16-21-13-7-3-2-6-12(13)18(20)22-16/h2-9H,10-11H2,1H3,(H2,20,21,22). The predicted molar refractivity (Wildman–Crippen MR) is 101 cm³/mol. The molecule has 4 aromatic rings. The lowest BCUT2D eigenvalue weighted by molar-refractivity contribution is -0.145. The molecule has 8 nitrogen and oxygen atoms in total. The highest BCUT2D eigenvalue weighted by Gasteiger charge is 2.15. The minimum Gasteiger partial charge on any atom is -0.456 e. The number of imidazole rings is 1. The number of nitrogen functional groups attached to an aromatic ring is 1. The highest BCUT2D eigenvalue weighted by molar-refractivity contribution is 5.87. The number of aryl methyl sites for hydroxylation is 1. The third-order valence-electron chi connectivity index (χ3n) is 4.38. The second-order valence-corrected chi connectivity index (χ2v) is 6.12. The zero-order chi connectivity index (χ0) is 19.0. The van der Waals surface area contributed by atoms with E-state index in [0.717, 1.165) is 10.9 Å². The molecule has 27 heavy (non-hydrogen) atoms. The maximum Gasteiger partial charge on any atom is 0.329 e. The molecule has 2 aromatic carbocycles. The molecule has 0 aliphatic carbocycles. The molecular formula is C19H17N5O3. The summed E-state index contributed by atoms with van der Waals surface area (Å²) in [6, 6.07) is 14.6. The van der Waals surface area contributed by atoms with E-state index in [0.29, 0.717) is 22.7 Å². The van der Waals surface area contributed by atoms with Crippen LogP contribution < -0.4 is 11.4 Å². The van der Waals surface area contributed by atoms with Crippen molar-refractivity contribution in [3.05, 3.63) is 64.8 Å². The summed E-state index contributed by atoms with van der Waals surface area (Å²) in [6.07, 6.45) is 0. The quantitative estimate of drug-likeness (QED) is 0.552. The Hall–Kier alpha value is -3.68. The van der Waals surface area contributed by atoms with Gasteiger partial charge in [-0.3, -0.25) is 13.9 Å². The van der Waals surface area contributed by atoms with Crippen molar-refractivity contribution in [3.63, 3.8) is 0 Å². The van der Waals surface area contributed by atoms with Gasteiger partial charge in [-0.25, -0.2) is 14.8 Å². The van der Waals surface area contributed by atoms with Crippen LogP contribution in [-0.2, 0) is 29.7 Å². The molecule has 0 aliphatic rings. The smallest absolute Gasteiger partial charge is 0.329 e. The average molecular weight is 363 g/mol. The van der Waals surface area contributed by atoms with Crippen LogP contribution in [0.4, 0.5) is 5.82 Å². The summed E-state index contributed by atoms with van der Waals surface area (Å²) < 4.78 is 8.14. The van der Waals surface area contributed by atoms with Gasteiger partial charge < -0.3 is 10.5 Å². The Labute approximate surface area is 153 Å². The van der Waals surface area contributed by atoms with Gasteiger partial charge in [-0.15, -0.1) is 0 Å². The lowest BCUT2D eigenvalue weighted by Gasteiger charge is -2.07. The fourth-order valence-electron chi connectivity index (χ4n) is 3.05. The molecule has 0 radical (unpaired) electrons. The number of nitrogens with zero attached hydrogens (tertiary/aromatic N) is 4. The number of hydrogen-bond donors (Lipinski definition) is 1. The molecule has 2 N–H and O–H groups in total. The van der Waals surface area contributed by atoms with E-state index in [1.54, 1.807) is 13.1 Å². The van der Waals surface area contributed by atoms with Gasteiger partial charge in [0.2, 0.25) is 0 Å². The molecule has 4 rings (SSSR count). The van der Waals surface area contributed by atoms with Crippen LogP contribution in [0.5, 0.6) is 0 Å². The van der Waals surface area contributed by atoms with Crippen LogP contribution in [0.15, 0.2) is 53.3 Å². The summed E-state index contributed by atoms with van der Waals surface area (Å²) in [7, 11) is 1.66. The van der Waals surface area contributed by atoms with E-state index in [1.807, 2.05) is 42.5 Å². The highest BCUT2D eigenvalue weighted by Crippen LogP contribution is 2.17. The summed E-state index contributed by atoms with van der Waals surface area (Å²) in [5, 5.41) is 0.745. The number of carbonyl (C=O) groups excluding carboxylic acids is 1. The third-order valence-corrected chi connectivity index (χ3v) is 4.38. The summed E-state index contributed by atoms with van der Waals surface area (Å²) >= 11 is 0. The number of para-hydroxylation sites is 3. The van der Waals surface area contributed by atoms with Crippen molar-refractivity contribution in [1.82, 2.24) is 19.1 Å². The first-order chi connectivity index (χ1) is 13.0. The first-order valence-corrected chi connectivity index (χ1v) is 8.35. The fraction of sp³-hybridized carbons (Fsp3) is 0.158. The second-order valence-electron chi connectivity index (χ2n) is 6.12. The van der Waals surface area contributed by atoms with Gasteiger partial charge in [-0.2, -0.15) is 0 Å². The molecule has 2 heterocycles. The lowest BCUT2D eigenvalue weighted by atomic mass is 10.2. The van der Waals surface area contributed by atoms with Crippen molar-refractivity contribution in [2.75, 3.05) is 5.73 Å². The molecule has 0 spiro atoms. The summed E-state index contributed by atoms with van der Waals surface area (Å²) in [6.45, 7) is -0.309. The topological polar surface area (TPSA) is 105 Å².